The number of para-hydroxylation sites is 1. The van der Waals surface area contributed by atoms with E-state index in [0.29, 0.717) is 17.7 Å². The van der Waals surface area contributed by atoms with Gasteiger partial charge in [-0.1, -0.05) is 18.2 Å². The molecule has 1 aliphatic heterocycles. The average Bonchev–Trinajstić information content (AvgIpc) is 3.26. The van der Waals surface area contributed by atoms with Crippen LogP contribution in [-0.4, -0.2) is 50.9 Å². The zero-order valence-electron chi connectivity index (χ0n) is 14.7. The predicted octanol–water partition coefficient (Wildman–Crippen LogP) is 3.11. The molecule has 3 rings (SSSR count). The monoisotopic (exact) mass is 380 g/mol. The molecule has 0 unspecified atom stereocenters. The van der Waals surface area contributed by atoms with Crippen LogP contribution in [0.2, 0.25) is 0 Å². The second-order valence-corrected chi connectivity index (χ2v) is 6.30. The number of hydrazine groups is 1. The van der Waals surface area contributed by atoms with Gasteiger partial charge >= 0.3 is 6.18 Å². The molecule has 0 radical (unpaired) electrons. The van der Waals surface area contributed by atoms with Gasteiger partial charge in [0.15, 0.2) is 0 Å². The van der Waals surface area contributed by atoms with Gasteiger partial charge in [-0.3, -0.25) is 14.6 Å². The molecule has 0 spiro atoms. The molecule has 2 amide bonds. The number of carbonyl (C=O) groups is 2. The summed E-state index contributed by atoms with van der Waals surface area (Å²) in [6, 6.07) is 9.25. The van der Waals surface area contributed by atoms with Crippen molar-refractivity contribution in [3.8, 4) is 5.69 Å². The van der Waals surface area contributed by atoms with E-state index in [4.69, 9.17) is 0 Å². The first-order valence-corrected chi connectivity index (χ1v) is 8.57. The summed E-state index contributed by atoms with van der Waals surface area (Å²) < 4.78 is 38.7. The van der Waals surface area contributed by atoms with Crippen molar-refractivity contribution in [1.82, 2.24) is 19.8 Å². The zero-order chi connectivity index (χ0) is 19.6. The van der Waals surface area contributed by atoms with E-state index in [-0.39, 0.29) is 13.1 Å². The quantitative estimate of drug-likeness (QED) is 0.819. The molecule has 0 bridgehead atoms. The number of benzene rings is 1. The number of alkyl halides is 3. The molecule has 0 saturated carbocycles. The van der Waals surface area contributed by atoms with Gasteiger partial charge in [0.25, 0.3) is 5.91 Å². The fraction of sp³-hybridized carbons (Fsp3) is 0.389. The van der Waals surface area contributed by atoms with Crippen molar-refractivity contribution >= 4 is 11.8 Å². The van der Waals surface area contributed by atoms with Crippen molar-refractivity contribution in [2.45, 2.75) is 32.4 Å². The molecule has 2 heterocycles. The van der Waals surface area contributed by atoms with Crippen LogP contribution in [0.1, 0.15) is 35.3 Å². The molecular formula is C18H19F3N4O2. The Morgan fingerprint density at radius 1 is 1.11 bits per heavy atom. The summed E-state index contributed by atoms with van der Waals surface area (Å²) >= 11 is 0. The predicted molar refractivity (Wildman–Crippen MR) is 91.0 cm³/mol. The number of nitrogens with zero attached hydrogens (tertiary/aromatic N) is 4. The number of halogens is 3. The summed E-state index contributed by atoms with van der Waals surface area (Å²) in [6.07, 6.45) is -4.33. The van der Waals surface area contributed by atoms with Crippen molar-refractivity contribution in [1.29, 1.82) is 0 Å². The standard InChI is InChI=1S/C18H19F3N4O2/c1-13-15(12-22-25(13)14-6-3-2-4-7-14)17(27)24-11-5-10-23(24)16(26)8-9-18(19,20)21/h2-4,6-7,12H,5,8-11H2,1H3. The van der Waals surface area contributed by atoms with Gasteiger partial charge in [0.1, 0.15) is 0 Å². The van der Waals surface area contributed by atoms with Gasteiger partial charge in [0.2, 0.25) is 5.91 Å². The maximum Gasteiger partial charge on any atom is 0.389 e. The second-order valence-electron chi connectivity index (χ2n) is 6.30. The van der Waals surface area contributed by atoms with Gasteiger partial charge < -0.3 is 0 Å². The van der Waals surface area contributed by atoms with Gasteiger partial charge in [-0.25, -0.2) is 9.69 Å². The summed E-state index contributed by atoms with van der Waals surface area (Å²) in [5.74, 6) is -1.14. The van der Waals surface area contributed by atoms with E-state index in [1.807, 2.05) is 30.3 Å². The Hall–Kier alpha value is -2.84. The summed E-state index contributed by atoms with van der Waals surface area (Å²) in [5.41, 5.74) is 1.70. The molecule has 0 aliphatic carbocycles. The first-order valence-electron chi connectivity index (χ1n) is 8.57. The van der Waals surface area contributed by atoms with E-state index in [2.05, 4.69) is 5.10 Å². The van der Waals surface area contributed by atoms with Crippen molar-refractivity contribution in [3.63, 3.8) is 0 Å². The first kappa shape index (κ1) is 18.9. The molecule has 27 heavy (non-hydrogen) atoms. The van der Waals surface area contributed by atoms with E-state index >= 15 is 0 Å². The van der Waals surface area contributed by atoms with Crippen LogP contribution in [0.4, 0.5) is 13.2 Å². The minimum absolute atomic E-state index is 0.230. The maximum atomic E-state index is 12.9. The van der Waals surface area contributed by atoms with Gasteiger partial charge in [-0.15, -0.1) is 0 Å². The third-order valence-corrected chi connectivity index (χ3v) is 4.42. The lowest BCUT2D eigenvalue weighted by atomic mass is 10.2. The highest BCUT2D eigenvalue weighted by Gasteiger charge is 2.35. The van der Waals surface area contributed by atoms with Crippen LogP contribution in [0.5, 0.6) is 0 Å². The Bertz CT molecular complexity index is 833. The van der Waals surface area contributed by atoms with Gasteiger partial charge in [-0.05, 0) is 25.5 Å². The number of hydrogen-bond donors (Lipinski definition) is 0. The molecule has 1 fully saturated rings. The van der Waals surface area contributed by atoms with Crippen molar-refractivity contribution in [2.75, 3.05) is 13.1 Å². The smallest absolute Gasteiger partial charge is 0.273 e. The number of amides is 2. The molecule has 9 heteroatoms. The van der Waals surface area contributed by atoms with Gasteiger partial charge in [0.05, 0.1) is 29.6 Å². The largest absolute Gasteiger partial charge is 0.389 e. The van der Waals surface area contributed by atoms with E-state index in [1.165, 1.54) is 11.2 Å². The molecule has 2 aromatic rings. The number of aromatic nitrogens is 2. The lowest BCUT2D eigenvalue weighted by Gasteiger charge is -2.28. The van der Waals surface area contributed by atoms with Gasteiger partial charge in [0, 0.05) is 19.5 Å². The van der Waals surface area contributed by atoms with E-state index < -0.39 is 30.8 Å². The Balaban J connectivity index is 1.77. The fourth-order valence-electron chi connectivity index (χ4n) is 3.05. The summed E-state index contributed by atoms with van der Waals surface area (Å²) in [6.45, 7) is 2.25. The highest BCUT2D eigenvalue weighted by Crippen LogP contribution is 2.24. The van der Waals surface area contributed by atoms with Crippen molar-refractivity contribution < 1.29 is 22.8 Å². The third kappa shape index (κ3) is 4.12. The minimum atomic E-state index is -4.41. The van der Waals surface area contributed by atoms with Gasteiger partial charge in [-0.2, -0.15) is 18.3 Å². The van der Waals surface area contributed by atoms with Crippen molar-refractivity contribution in [3.05, 3.63) is 47.8 Å². The topological polar surface area (TPSA) is 58.4 Å². The van der Waals surface area contributed by atoms with E-state index in [9.17, 15) is 22.8 Å². The Morgan fingerprint density at radius 2 is 1.78 bits per heavy atom. The Labute approximate surface area is 154 Å². The van der Waals surface area contributed by atoms with Crippen molar-refractivity contribution in [2.24, 2.45) is 0 Å². The summed E-state index contributed by atoms with van der Waals surface area (Å²) in [4.78, 5) is 25.0. The molecule has 0 atom stereocenters. The zero-order valence-corrected chi connectivity index (χ0v) is 14.7. The highest BCUT2D eigenvalue weighted by molar-refractivity contribution is 5.96. The Morgan fingerprint density at radius 3 is 2.44 bits per heavy atom. The summed E-state index contributed by atoms with van der Waals surface area (Å²) in [5, 5.41) is 6.57. The molecule has 0 N–H and O–H groups in total. The average molecular weight is 380 g/mol. The van der Waals surface area contributed by atoms with E-state index in [1.54, 1.807) is 11.6 Å². The number of carbonyl (C=O) groups excluding carboxylic acids is 2. The normalized spacial score (nSPS) is 14.7. The molecule has 1 aromatic carbocycles. The summed E-state index contributed by atoms with van der Waals surface area (Å²) in [7, 11) is 0. The van der Waals surface area contributed by atoms with Crippen LogP contribution in [0.15, 0.2) is 36.5 Å². The lowest BCUT2D eigenvalue weighted by molar-refractivity contribution is -0.154. The van der Waals surface area contributed by atoms with Crippen LogP contribution >= 0.6 is 0 Å². The molecular weight excluding hydrogens is 361 g/mol. The van der Waals surface area contributed by atoms with Crippen LogP contribution < -0.4 is 0 Å². The highest BCUT2D eigenvalue weighted by atomic mass is 19.4. The van der Waals surface area contributed by atoms with Crippen LogP contribution in [0.3, 0.4) is 0 Å². The fourth-order valence-corrected chi connectivity index (χ4v) is 3.05. The SMILES string of the molecule is Cc1c(C(=O)N2CCCN2C(=O)CCC(F)(F)F)cnn1-c1ccccc1. The second kappa shape index (κ2) is 7.42. The molecule has 144 valence electrons. The molecule has 1 aromatic heterocycles. The Kier molecular flexibility index (Phi) is 5.20. The minimum Gasteiger partial charge on any atom is -0.273 e. The third-order valence-electron chi connectivity index (χ3n) is 4.42. The van der Waals surface area contributed by atoms with Crippen LogP contribution in [0.25, 0.3) is 5.69 Å². The molecule has 1 saturated heterocycles. The lowest BCUT2D eigenvalue weighted by Crippen LogP contribution is -2.45. The number of rotatable bonds is 4. The molecule has 1 aliphatic rings. The van der Waals surface area contributed by atoms with Crippen LogP contribution in [-0.2, 0) is 4.79 Å². The van der Waals surface area contributed by atoms with E-state index in [0.717, 1.165) is 10.7 Å². The first-order chi connectivity index (χ1) is 12.8. The molecule has 6 nitrogen and oxygen atoms in total. The maximum absolute atomic E-state index is 12.9. The van der Waals surface area contributed by atoms with Crippen LogP contribution in [0, 0.1) is 6.92 Å². The number of hydrogen-bond acceptors (Lipinski definition) is 3.